The standard InChI is InChI=1S/C10H12N8/c1-5-11-6(2)14-9(13-5)17-18-10-15-7(3)12-8(4)16-10/h1-4H3. The number of azo groups is 1. The lowest BCUT2D eigenvalue weighted by Crippen LogP contribution is -1.95. The van der Waals surface area contributed by atoms with E-state index >= 15 is 0 Å². The Morgan fingerprint density at radius 3 is 1.06 bits per heavy atom. The predicted octanol–water partition coefficient (Wildman–Crippen LogP) is 1.71. The molecule has 0 aliphatic heterocycles. The fraction of sp³-hybridized carbons (Fsp3) is 0.400. The number of rotatable bonds is 2. The van der Waals surface area contributed by atoms with E-state index in [0.29, 0.717) is 23.3 Å². The van der Waals surface area contributed by atoms with Crippen molar-refractivity contribution >= 4 is 11.9 Å². The summed E-state index contributed by atoms with van der Waals surface area (Å²) in [5.74, 6) is 2.88. The van der Waals surface area contributed by atoms with E-state index in [1.54, 1.807) is 27.7 Å². The molecule has 0 aliphatic carbocycles. The second kappa shape index (κ2) is 4.86. The van der Waals surface area contributed by atoms with Gasteiger partial charge in [-0.25, -0.2) is 9.97 Å². The Morgan fingerprint density at radius 2 is 0.778 bits per heavy atom. The number of hydrogen-bond donors (Lipinski definition) is 0. The van der Waals surface area contributed by atoms with Crippen LogP contribution in [0, 0.1) is 27.7 Å². The SMILES string of the molecule is Cc1nc(C)nc(N=Nc2nc(C)nc(C)n2)n1. The van der Waals surface area contributed by atoms with Gasteiger partial charge in [-0.1, -0.05) is 0 Å². The van der Waals surface area contributed by atoms with Gasteiger partial charge in [0.15, 0.2) is 0 Å². The average Bonchev–Trinajstić information content (AvgIpc) is 2.23. The maximum absolute atomic E-state index is 4.05. The highest BCUT2D eigenvalue weighted by atomic mass is 15.3. The normalized spacial score (nSPS) is 11.1. The van der Waals surface area contributed by atoms with Crippen molar-refractivity contribution in [2.45, 2.75) is 27.7 Å². The first-order chi connectivity index (χ1) is 8.52. The summed E-state index contributed by atoms with van der Waals surface area (Å²) in [6.07, 6.45) is 0. The zero-order valence-electron chi connectivity index (χ0n) is 10.6. The van der Waals surface area contributed by atoms with Crippen LogP contribution >= 0.6 is 0 Å². The van der Waals surface area contributed by atoms with Crippen molar-refractivity contribution in [1.82, 2.24) is 29.9 Å². The van der Waals surface area contributed by atoms with Crippen LogP contribution in [0.3, 0.4) is 0 Å². The van der Waals surface area contributed by atoms with E-state index in [-0.39, 0.29) is 11.9 Å². The highest BCUT2D eigenvalue weighted by Crippen LogP contribution is 2.10. The topological polar surface area (TPSA) is 102 Å². The third-order valence-corrected chi connectivity index (χ3v) is 1.92. The second-order valence-corrected chi connectivity index (χ2v) is 3.66. The van der Waals surface area contributed by atoms with Crippen LogP contribution in [0.4, 0.5) is 11.9 Å². The largest absolute Gasteiger partial charge is 0.272 e. The van der Waals surface area contributed by atoms with E-state index in [4.69, 9.17) is 0 Å². The molecule has 0 bridgehead atoms. The van der Waals surface area contributed by atoms with Crippen LogP contribution in [0.15, 0.2) is 10.2 Å². The summed E-state index contributed by atoms with van der Waals surface area (Å²) in [6.45, 7) is 7.08. The third kappa shape index (κ3) is 3.06. The molecule has 2 aromatic heterocycles. The highest BCUT2D eigenvalue weighted by molar-refractivity contribution is 5.18. The molecule has 0 fully saturated rings. The maximum Gasteiger partial charge on any atom is 0.272 e. The zero-order chi connectivity index (χ0) is 13.1. The Balaban J connectivity index is 2.29. The Bertz CT molecular complexity index is 513. The summed E-state index contributed by atoms with van der Waals surface area (Å²) >= 11 is 0. The van der Waals surface area contributed by atoms with Gasteiger partial charge in [0.25, 0.3) is 11.9 Å². The number of nitrogens with zero attached hydrogens (tertiary/aromatic N) is 8. The fourth-order valence-corrected chi connectivity index (χ4v) is 1.38. The van der Waals surface area contributed by atoms with Crippen LogP contribution < -0.4 is 0 Å². The van der Waals surface area contributed by atoms with Gasteiger partial charge < -0.3 is 0 Å². The van der Waals surface area contributed by atoms with Gasteiger partial charge in [0.2, 0.25) is 0 Å². The summed E-state index contributed by atoms with van der Waals surface area (Å²) in [5.41, 5.74) is 0. The van der Waals surface area contributed by atoms with Crippen LogP contribution in [0.25, 0.3) is 0 Å². The van der Waals surface area contributed by atoms with E-state index < -0.39 is 0 Å². The highest BCUT2D eigenvalue weighted by Gasteiger charge is 2.01. The maximum atomic E-state index is 4.05. The molecule has 2 rings (SSSR count). The first-order valence-electron chi connectivity index (χ1n) is 5.33. The molecule has 0 amide bonds. The fourth-order valence-electron chi connectivity index (χ4n) is 1.38. The molecule has 0 N–H and O–H groups in total. The molecule has 8 nitrogen and oxygen atoms in total. The molecular formula is C10H12N8. The molecule has 18 heavy (non-hydrogen) atoms. The average molecular weight is 244 g/mol. The Kier molecular flexibility index (Phi) is 3.26. The van der Waals surface area contributed by atoms with E-state index in [2.05, 4.69) is 40.1 Å². The summed E-state index contributed by atoms with van der Waals surface area (Å²) in [4.78, 5) is 24.3. The Labute approximate surface area is 104 Å². The minimum Gasteiger partial charge on any atom is -0.218 e. The van der Waals surface area contributed by atoms with Crippen LogP contribution in [0.2, 0.25) is 0 Å². The third-order valence-electron chi connectivity index (χ3n) is 1.92. The summed E-state index contributed by atoms with van der Waals surface area (Å²) in [5, 5.41) is 7.78. The number of aromatic nitrogens is 6. The van der Waals surface area contributed by atoms with Gasteiger partial charge in [0.1, 0.15) is 23.3 Å². The van der Waals surface area contributed by atoms with Gasteiger partial charge in [-0.05, 0) is 27.7 Å². The van der Waals surface area contributed by atoms with Crippen molar-refractivity contribution in [2.24, 2.45) is 10.2 Å². The van der Waals surface area contributed by atoms with Gasteiger partial charge in [0, 0.05) is 0 Å². The molecule has 0 spiro atoms. The molecule has 0 atom stereocenters. The first kappa shape index (κ1) is 12.1. The second-order valence-electron chi connectivity index (χ2n) is 3.66. The number of aryl methyl sites for hydroxylation is 4. The van der Waals surface area contributed by atoms with E-state index in [1.807, 2.05) is 0 Å². The van der Waals surface area contributed by atoms with Crippen LogP contribution in [-0.2, 0) is 0 Å². The molecule has 0 radical (unpaired) electrons. The quantitative estimate of drug-likeness (QED) is 0.745. The first-order valence-corrected chi connectivity index (χ1v) is 5.33. The lowest BCUT2D eigenvalue weighted by Gasteiger charge is -1.97. The van der Waals surface area contributed by atoms with Gasteiger partial charge in [0.05, 0.1) is 0 Å². The Morgan fingerprint density at radius 1 is 0.500 bits per heavy atom. The molecule has 92 valence electrons. The van der Waals surface area contributed by atoms with Crippen molar-refractivity contribution in [3.05, 3.63) is 23.3 Å². The zero-order valence-corrected chi connectivity index (χ0v) is 10.6. The summed E-state index contributed by atoms with van der Waals surface area (Å²) in [7, 11) is 0. The molecule has 0 saturated heterocycles. The van der Waals surface area contributed by atoms with Crippen molar-refractivity contribution < 1.29 is 0 Å². The lowest BCUT2D eigenvalue weighted by molar-refractivity contribution is 0.875. The van der Waals surface area contributed by atoms with Crippen LogP contribution in [0.5, 0.6) is 0 Å². The minimum absolute atomic E-state index is 0.246. The molecule has 0 aliphatic rings. The minimum atomic E-state index is 0.246. The Hall–Kier alpha value is -2.38. The van der Waals surface area contributed by atoms with Crippen LogP contribution in [-0.4, -0.2) is 29.9 Å². The number of hydrogen-bond acceptors (Lipinski definition) is 8. The lowest BCUT2D eigenvalue weighted by atomic mass is 10.6. The van der Waals surface area contributed by atoms with E-state index in [0.717, 1.165) is 0 Å². The molecule has 0 aromatic carbocycles. The molecule has 0 saturated carbocycles. The van der Waals surface area contributed by atoms with Crippen molar-refractivity contribution in [2.75, 3.05) is 0 Å². The summed E-state index contributed by atoms with van der Waals surface area (Å²) in [6, 6.07) is 0. The monoisotopic (exact) mass is 244 g/mol. The molecular weight excluding hydrogens is 232 g/mol. The van der Waals surface area contributed by atoms with E-state index in [9.17, 15) is 0 Å². The predicted molar refractivity (Wildman–Crippen MR) is 62.8 cm³/mol. The summed E-state index contributed by atoms with van der Waals surface area (Å²) < 4.78 is 0. The van der Waals surface area contributed by atoms with Gasteiger partial charge in [-0.3, -0.25) is 0 Å². The van der Waals surface area contributed by atoms with Crippen molar-refractivity contribution in [3.8, 4) is 0 Å². The van der Waals surface area contributed by atoms with Crippen LogP contribution in [0.1, 0.15) is 23.3 Å². The van der Waals surface area contributed by atoms with E-state index in [1.165, 1.54) is 0 Å². The molecule has 2 aromatic rings. The molecule has 0 unspecified atom stereocenters. The van der Waals surface area contributed by atoms with Gasteiger partial charge in [-0.2, -0.15) is 19.9 Å². The van der Waals surface area contributed by atoms with Gasteiger partial charge in [-0.15, -0.1) is 10.2 Å². The molecule has 2 heterocycles. The molecule has 8 heteroatoms. The van der Waals surface area contributed by atoms with Crippen molar-refractivity contribution in [1.29, 1.82) is 0 Å². The van der Waals surface area contributed by atoms with Gasteiger partial charge >= 0.3 is 0 Å². The smallest absolute Gasteiger partial charge is 0.218 e. The van der Waals surface area contributed by atoms with Crippen molar-refractivity contribution in [3.63, 3.8) is 0 Å².